The fourth-order valence-electron chi connectivity index (χ4n) is 0.360. The van der Waals surface area contributed by atoms with Gasteiger partial charge in [0.05, 0.1) is 11.1 Å². The second-order valence-electron chi connectivity index (χ2n) is 1.25. The zero-order chi connectivity index (χ0) is 5.82. The molecule has 8 heavy (non-hydrogen) atoms. The van der Waals surface area contributed by atoms with E-state index in [0.29, 0.717) is 0 Å². The van der Waals surface area contributed by atoms with Gasteiger partial charge in [-0.15, -0.1) is 5.10 Å². The monoisotopic (exact) mass is 144 g/mol. The lowest BCUT2D eigenvalue weighted by molar-refractivity contribution is 1.15. The Hall–Kier alpha value is -0.350. The standard InChI is InChI=1S/C4H4N2S2/c7-2-1-4-3-5-6-8-4/h2-3H,1H2. The molecule has 42 valence electrons. The Kier molecular flexibility index (Phi) is 2.05. The minimum absolute atomic E-state index is 0.813. The number of hydrogen-bond donors (Lipinski definition) is 0. The van der Waals surface area contributed by atoms with Gasteiger partial charge in [0.2, 0.25) is 0 Å². The lowest BCUT2D eigenvalue weighted by Crippen LogP contribution is -1.74. The molecule has 0 aliphatic carbocycles. The van der Waals surface area contributed by atoms with Gasteiger partial charge in [-0.1, -0.05) is 16.7 Å². The molecular weight excluding hydrogens is 140 g/mol. The smallest absolute Gasteiger partial charge is 0.0656 e. The van der Waals surface area contributed by atoms with E-state index in [2.05, 4.69) is 21.8 Å². The quantitative estimate of drug-likeness (QED) is 0.581. The maximum absolute atomic E-state index is 4.63. The highest BCUT2D eigenvalue weighted by Gasteiger charge is 1.88. The Labute approximate surface area is 56.7 Å². The van der Waals surface area contributed by atoms with Gasteiger partial charge in [0.1, 0.15) is 0 Å². The van der Waals surface area contributed by atoms with Crippen molar-refractivity contribution < 1.29 is 0 Å². The highest BCUT2D eigenvalue weighted by molar-refractivity contribution is 7.79. The van der Waals surface area contributed by atoms with E-state index < -0.39 is 0 Å². The lowest BCUT2D eigenvalue weighted by Gasteiger charge is -1.76. The van der Waals surface area contributed by atoms with Gasteiger partial charge in [0.25, 0.3) is 0 Å². The predicted octanol–water partition coefficient (Wildman–Crippen LogP) is 1.08. The van der Waals surface area contributed by atoms with E-state index in [-0.39, 0.29) is 0 Å². The minimum atomic E-state index is 0.813. The molecule has 0 aliphatic heterocycles. The maximum atomic E-state index is 4.63. The van der Waals surface area contributed by atoms with Gasteiger partial charge < -0.3 is 0 Å². The summed E-state index contributed by atoms with van der Waals surface area (Å²) in [5.41, 5.74) is 0. The van der Waals surface area contributed by atoms with Crippen molar-refractivity contribution in [3.8, 4) is 0 Å². The topological polar surface area (TPSA) is 25.8 Å². The highest BCUT2D eigenvalue weighted by Crippen LogP contribution is 1.99. The Morgan fingerprint density at radius 2 is 2.75 bits per heavy atom. The van der Waals surface area contributed by atoms with Crippen LogP contribution in [0.25, 0.3) is 0 Å². The largest absolute Gasteiger partial charge is 0.146 e. The Bertz CT molecular complexity index is 159. The Morgan fingerprint density at radius 3 is 3.25 bits per heavy atom. The normalized spacial score (nSPS) is 9.00. The van der Waals surface area contributed by atoms with Crippen molar-refractivity contribution in [2.45, 2.75) is 6.42 Å². The third kappa shape index (κ3) is 1.31. The first kappa shape index (κ1) is 5.78. The molecule has 1 heterocycles. The number of thiocarbonyl (C=S) groups is 1. The van der Waals surface area contributed by atoms with Crippen LogP contribution in [0.2, 0.25) is 0 Å². The van der Waals surface area contributed by atoms with Gasteiger partial charge in [-0.2, -0.15) is 0 Å². The third-order valence-electron chi connectivity index (χ3n) is 0.691. The molecule has 0 amide bonds. The van der Waals surface area contributed by atoms with E-state index in [1.54, 1.807) is 11.6 Å². The van der Waals surface area contributed by atoms with E-state index in [4.69, 9.17) is 0 Å². The zero-order valence-electron chi connectivity index (χ0n) is 4.07. The zero-order valence-corrected chi connectivity index (χ0v) is 5.71. The van der Waals surface area contributed by atoms with Gasteiger partial charge in [0, 0.05) is 6.42 Å². The van der Waals surface area contributed by atoms with Crippen LogP contribution < -0.4 is 0 Å². The maximum Gasteiger partial charge on any atom is 0.0656 e. The van der Waals surface area contributed by atoms with Gasteiger partial charge in [0.15, 0.2) is 0 Å². The van der Waals surface area contributed by atoms with Crippen LogP contribution in [0, 0.1) is 0 Å². The van der Waals surface area contributed by atoms with Gasteiger partial charge in [-0.3, -0.25) is 0 Å². The molecule has 0 radical (unpaired) electrons. The van der Waals surface area contributed by atoms with Crippen LogP contribution in [0.15, 0.2) is 6.20 Å². The first-order valence-corrected chi connectivity index (χ1v) is 3.38. The van der Waals surface area contributed by atoms with Crippen LogP contribution >= 0.6 is 23.8 Å². The van der Waals surface area contributed by atoms with Crippen molar-refractivity contribution in [2.75, 3.05) is 0 Å². The van der Waals surface area contributed by atoms with Crippen LogP contribution in [0.3, 0.4) is 0 Å². The number of nitrogens with zero attached hydrogens (tertiary/aromatic N) is 2. The molecule has 1 aromatic heterocycles. The first-order chi connectivity index (χ1) is 3.93. The summed E-state index contributed by atoms with van der Waals surface area (Å²) in [6.07, 6.45) is 2.54. The van der Waals surface area contributed by atoms with Crippen molar-refractivity contribution in [3.05, 3.63) is 11.1 Å². The van der Waals surface area contributed by atoms with Crippen LogP contribution in [-0.2, 0) is 6.42 Å². The summed E-state index contributed by atoms with van der Waals surface area (Å²) in [4.78, 5) is 1.13. The Morgan fingerprint density at radius 1 is 1.88 bits per heavy atom. The molecule has 0 aromatic carbocycles. The molecule has 0 fully saturated rings. The van der Waals surface area contributed by atoms with Gasteiger partial charge in [-0.05, 0) is 16.9 Å². The molecule has 0 spiro atoms. The summed E-state index contributed by atoms with van der Waals surface area (Å²) in [5, 5.41) is 5.32. The third-order valence-corrected chi connectivity index (χ3v) is 1.54. The summed E-state index contributed by atoms with van der Waals surface area (Å²) in [5.74, 6) is 0. The fourth-order valence-corrected chi connectivity index (χ4v) is 1.10. The minimum Gasteiger partial charge on any atom is -0.146 e. The molecule has 1 aromatic rings. The van der Waals surface area contributed by atoms with E-state index >= 15 is 0 Å². The fraction of sp³-hybridized carbons (Fsp3) is 0.250. The molecule has 2 nitrogen and oxygen atoms in total. The van der Waals surface area contributed by atoms with Crippen molar-refractivity contribution in [1.29, 1.82) is 0 Å². The number of aromatic nitrogens is 2. The molecule has 0 atom stereocenters. The number of rotatable bonds is 2. The summed E-state index contributed by atoms with van der Waals surface area (Å²) in [6, 6.07) is 0. The molecule has 0 N–H and O–H groups in total. The van der Waals surface area contributed by atoms with Crippen LogP contribution in [0.1, 0.15) is 4.88 Å². The predicted molar refractivity (Wildman–Crippen MR) is 37.3 cm³/mol. The first-order valence-electron chi connectivity index (χ1n) is 2.13. The molecule has 0 saturated heterocycles. The Balaban J connectivity index is 2.62. The highest BCUT2D eigenvalue weighted by atomic mass is 32.1. The van der Waals surface area contributed by atoms with Crippen molar-refractivity contribution in [1.82, 2.24) is 9.59 Å². The summed E-state index contributed by atoms with van der Waals surface area (Å²) in [6.45, 7) is 0. The molecule has 0 bridgehead atoms. The van der Waals surface area contributed by atoms with E-state index in [9.17, 15) is 0 Å². The summed E-state index contributed by atoms with van der Waals surface area (Å²) < 4.78 is 3.67. The lowest BCUT2D eigenvalue weighted by atomic mass is 10.4. The van der Waals surface area contributed by atoms with Gasteiger partial charge >= 0.3 is 0 Å². The van der Waals surface area contributed by atoms with Crippen LogP contribution in [0.4, 0.5) is 0 Å². The molecule has 0 aliphatic rings. The number of hydrogen-bond acceptors (Lipinski definition) is 4. The molecule has 0 saturated carbocycles. The van der Waals surface area contributed by atoms with Crippen LogP contribution in [0.5, 0.6) is 0 Å². The summed E-state index contributed by atoms with van der Waals surface area (Å²) in [7, 11) is 0. The average molecular weight is 144 g/mol. The van der Waals surface area contributed by atoms with E-state index in [0.717, 1.165) is 11.3 Å². The van der Waals surface area contributed by atoms with E-state index in [1.807, 2.05) is 0 Å². The van der Waals surface area contributed by atoms with Gasteiger partial charge in [-0.25, -0.2) is 0 Å². The van der Waals surface area contributed by atoms with E-state index in [1.165, 1.54) is 11.5 Å². The second kappa shape index (κ2) is 2.84. The summed E-state index contributed by atoms with van der Waals surface area (Å²) >= 11 is 6.01. The SMILES string of the molecule is S=CCc1cnns1. The van der Waals surface area contributed by atoms with Crippen molar-refractivity contribution >= 4 is 29.1 Å². The second-order valence-corrected chi connectivity index (χ2v) is 2.46. The van der Waals surface area contributed by atoms with Crippen LogP contribution in [-0.4, -0.2) is 15.0 Å². The van der Waals surface area contributed by atoms with Crippen molar-refractivity contribution in [2.24, 2.45) is 0 Å². The van der Waals surface area contributed by atoms with Crippen molar-refractivity contribution in [3.63, 3.8) is 0 Å². The average Bonchev–Trinajstić information content (AvgIpc) is 2.19. The molecular formula is C4H4N2S2. The molecule has 4 heteroatoms. The molecule has 0 unspecified atom stereocenters. The molecule has 1 rings (SSSR count).